The van der Waals surface area contributed by atoms with Gasteiger partial charge in [0.05, 0.1) is 5.69 Å². The van der Waals surface area contributed by atoms with E-state index in [1.54, 1.807) is 0 Å². The summed E-state index contributed by atoms with van der Waals surface area (Å²) in [6, 6.07) is 13.8. The molecule has 2 nitrogen and oxygen atoms in total. The van der Waals surface area contributed by atoms with Crippen LogP contribution in [0.1, 0.15) is 48.2 Å². The number of carbonyl (C=O) groups excluding carboxylic acids is 1. The highest BCUT2D eigenvalue weighted by atomic mass is 79.9. The molecule has 0 aromatic heterocycles. The van der Waals surface area contributed by atoms with Gasteiger partial charge in [-0.1, -0.05) is 39.0 Å². The van der Waals surface area contributed by atoms with Gasteiger partial charge in [-0.15, -0.1) is 0 Å². The summed E-state index contributed by atoms with van der Waals surface area (Å²) in [4.78, 5) is 12.3. The number of hydrogen-bond donors (Lipinski definition) is 1. The highest BCUT2D eigenvalue weighted by Crippen LogP contribution is 2.24. The van der Waals surface area contributed by atoms with Crippen LogP contribution in [0.4, 0.5) is 5.69 Å². The van der Waals surface area contributed by atoms with Crippen molar-refractivity contribution in [3.05, 3.63) is 63.6 Å². The Hall–Kier alpha value is -1.61. The minimum Gasteiger partial charge on any atom is -0.321 e. The van der Waals surface area contributed by atoms with E-state index in [9.17, 15) is 4.79 Å². The molecule has 0 radical (unpaired) electrons. The Balaban J connectivity index is 2.14. The zero-order valence-corrected chi connectivity index (χ0v) is 14.2. The molecule has 21 heavy (non-hydrogen) atoms. The van der Waals surface area contributed by atoms with Crippen LogP contribution in [0.3, 0.4) is 0 Å². The van der Waals surface area contributed by atoms with Gasteiger partial charge in [-0.05, 0) is 63.7 Å². The lowest BCUT2D eigenvalue weighted by atomic mass is 10.0. The fourth-order valence-electron chi connectivity index (χ4n) is 2.09. The average Bonchev–Trinajstić information content (AvgIpc) is 2.49. The monoisotopic (exact) mass is 345 g/mol. The van der Waals surface area contributed by atoms with Crippen molar-refractivity contribution in [3.63, 3.8) is 0 Å². The summed E-state index contributed by atoms with van der Waals surface area (Å²) in [6.07, 6.45) is 0.976. The molecule has 110 valence electrons. The van der Waals surface area contributed by atoms with E-state index in [1.165, 1.54) is 11.1 Å². The lowest BCUT2D eigenvalue weighted by Crippen LogP contribution is -2.12. The number of nitrogens with one attached hydrogen (secondary N) is 1. The van der Waals surface area contributed by atoms with Gasteiger partial charge in [-0.2, -0.15) is 0 Å². The average molecular weight is 346 g/mol. The summed E-state index contributed by atoms with van der Waals surface area (Å²) in [7, 11) is 0. The van der Waals surface area contributed by atoms with Gasteiger partial charge in [-0.3, -0.25) is 4.79 Å². The summed E-state index contributed by atoms with van der Waals surface area (Å²) in [5.74, 6) is 0.382. The van der Waals surface area contributed by atoms with Crippen LogP contribution in [-0.4, -0.2) is 5.91 Å². The Morgan fingerprint density at radius 2 is 1.81 bits per heavy atom. The summed E-state index contributed by atoms with van der Waals surface area (Å²) < 4.78 is 0.911. The second kappa shape index (κ2) is 6.90. The van der Waals surface area contributed by atoms with Crippen molar-refractivity contribution in [2.45, 2.75) is 33.1 Å². The number of rotatable bonds is 4. The third kappa shape index (κ3) is 3.94. The molecule has 0 atom stereocenters. The van der Waals surface area contributed by atoms with Crippen LogP contribution < -0.4 is 5.32 Å². The molecule has 0 bridgehead atoms. The van der Waals surface area contributed by atoms with Crippen molar-refractivity contribution in [3.8, 4) is 0 Å². The number of aryl methyl sites for hydroxylation is 1. The number of hydrogen-bond acceptors (Lipinski definition) is 1. The molecule has 2 aromatic rings. The molecule has 0 heterocycles. The highest BCUT2D eigenvalue weighted by molar-refractivity contribution is 9.10. The number of carbonyl (C=O) groups is 1. The summed E-state index contributed by atoms with van der Waals surface area (Å²) in [6.45, 7) is 6.39. The molecule has 1 amide bonds. The molecule has 2 rings (SSSR count). The fraction of sp³-hybridized carbons (Fsp3) is 0.278. The summed E-state index contributed by atoms with van der Waals surface area (Å²) in [5.41, 5.74) is 3.94. The van der Waals surface area contributed by atoms with Gasteiger partial charge in [0.1, 0.15) is 0 Å². The zero-order chi connectivity index (χ0) is 15.4. The standard InChI is InChI=1S/C18H20BrNO/c1-4-13-5-10-17(16(19)11-13)20-18(21)15-8-6-14(7-9-15)12(2)3/h5-12H,4H2,1-3H3,(H,20,21). The van der Waals surface area contributed by atoms with Gasteiger partial charge in [-0.25, -0.2) is 0 Å². The Labute approximate surface area is 134 Å². The van der Waals surface area contributed by atoms with E-state index in [1.807, 2.05) is 42.5 Å². The van der Waals surface area contributed by atoms with Crippen molar-refractivity contribution in [2.24, 2.45) is 0 Å². The molecule has 2 aromatic carbocycles. The van der Waals surface area contributed by atoms with Gasteiger partial charge in [0.15, 0.2) is 0 Å². The van der Waals surface area contributed by atoms with E-state index >= 15 is 0 Å². The number of amides is 1. The van der Waals surface area contributed by atoms with Crippen molar-refractivity contribution in [1.29, 1.82) is 0 Å². The van der Waals surface area contributed by atoms with Gasteiger partial charge < -0.3 is 5.32 Å². The lowest BCUT2D eigenvalue weighted by molar-refractivity contribution is 0.102. The van der Waals surface area contributed by atoms with E-state index in [0.29, 0.717) is 11.5 Å². The second-order valence-corrected chi connectivity index (χ2v) is 6.25. The quantitative estimate of drug-likeness (QED) is 0.790. The molecule has 0 saturated carbocycles. The van der Waals surface area contributed by atoms with E-state index < -0.39 is 0 Å². The first-order valence-electron chi connectivity index (χ1n) is 7.21. The predicted molar refractivity (Wildman–Crippen MR) is 92.0 cm³/mol. The normalized spacial score (nSPS) is 10.7. The Morgan fingerprint density at radius 1 is 1.14 bits per heavy atom. The van der Waals surface area contributed by atoms with E-state index in [2.05, 4.69) is 42.0 Å². The molecule has 0 unspecified atom stereocenters. The topological polar surface area (TPSA) is 29.1 Å². The summed E-state index contributed by atoms with van der Waals surface area (Å²) >= 11 is 3.50. The minimum absolute atomic E-state index is 0.0877. The van der Waals surface area contributed by atoms with E-state index in [4.69, 9.17) is 0 Å². The van der Waals surface area contributed by atoms with Crippen molar-refractivity contribution in [1.82, 2.24) is 0 Å². The van der Waals surface area contributed by atoms with Crippen LogP contribution in [0.5, 0.6) is 0 Å². The van der Waals surface area contributed by atoms with Crippen molar-refractivity contribution < 1.29 is 4.79 Å². The van der Waals surface area contributed by atoms with Crippen molar-refractivity contribution in [2.75, 3.05) is 5.32 Å². The highest BCUT2D eigenvalue weighted by Gasteiger charge is 2.09. The van der Waals surface area contributed by atoms with Crippen LogP contribution in [0.2, 0.25) is 0 Å². The third-order valence-corrected chi connectivity index (χ3v) is 4.19. The van der Waals surface area contributed by atoms with E-state index in [0.717, 1.165) is 16.6 Å². The van der Waals surface area contributed by atoms with Crippen LogP contribution in [-0.2, 0) is 6.42 Å². The summed E-state index contributed by atoms with van der Waals surface area (Å²) in [5, 5.41) is 2.94. The van der Waals surface area contributed by atoms with Gasteiger partial charge in [0, 0.05) is 10.0 Å². The van der Waals surface area contributed by atoms with Crippen molar-refractivity contribution >= 4 is 27.5 Å². The molecule has 0 aliphatic heterocycles. The SMILES string of the molecule is CCc1ccc(NC(=O)c2ccc(C(C)C)cc2)c(Br)c1. The van der Waals surface area contributed by atoms with Gasteiger partial charge >= 0.3 is 0 Å². The number of anilines is 1. The van der Waals surface area contributed by atoms with Crippen LogP contribution in [0.25, 0.3) is 0 Å². The maximum absolute atomic E-state index is 12.3. The molecular formula is C18H20BrNO. The van der Waals surface area contributed by atoms with Crippen LogP contribution >= 0.6 is 15.9 Å². The smallest absolute Gasteiger partial charge is 0.255 e. The first-order valence-corrected chi connectivity index (χ1v) is 8.00. The molecule has 0 aliphatic rings. The second-order valence-electron chi connectivity index (χ2n) is 5.40. The first kappa shape index (κ1) is 15.8. The fourth-order valence-corrected chi connectivity index (χ4v) is 2.62. The van der Waals surface area contributed by atoms with Crippen LogP contribution in [0.15, 0.2) is 46.9 Å². The lowest BCUT2D eigenvalue weighted by Gasteiger charge is -2.10. The maximum atomic E-state index is 12.3. The minimum atomic E-state index is -0.0877. The number of benzene rings is 2. The molecule has 1 N–H and O–H groups in total. The maximum Gasteiger partial charge on any atom is 0.255 e. The van der Waals surface area contributed by atoms with Gasteiger partial charge in [0.2, 0.25) is 0 Å². The third-order valence-electron chi connectivity index (χ3n) is 3.53. The zero-order valence-electron chi connectivity index (χ0n) is 12.6. The molecule has 0 fully saturated rings. The Morgan fingerprint density at radius 3 is 2.33 bits per heavy atom. The first-order chi connectivity index (χ1) is 10.0. The van der Waals surface area contributed by atoms with Crippen LogP contribution in [0, 0.1) is 0 Å². The predicted octanol–water partition coefficient (Wildman–Crippen LogP) is 5.39. The van der Waals surface area contributed by atoms with Gasteiger partial charge in [0.25, 0.3) is 5.91 Å². The van der Waals surface area contributed by atoms with E-state index in [-0.39, 0.29) is 5.91 Å². The molecule has 0 spiro atoms. The molecule has 3 heteroatoms. The molecule has 0 saturated heterocycles. The molecular weight excluding hydrogens is 326 g/mol. The molecule has 0 aliphatic carbocycles. The number of halogens is 1. The Kier molecular flexibility index (Phi) is 5.18. The Bertz CT molecular complexity index is 632. The largest absolute Gasteiger partial charge is 0.321 e.